The second kappa shape index (κ2) is 9.18. The summed E-state index contributed by atoms with van der Waals surface area (Å²) in [5.41, 5.74) is 1.59. The van der Waals surface area contributed by atoms with Gasteiger partial charge in [-0.3, -0.25) is 14.9 Å². The molecule has 0 aliphatic carbocycles. The molecule has 0 aliphatic heterocycles. The van der Waals surface area contributed by atoms with Crippen LogP contribution in [0.5, 0.6) is 5.75 Å². The Balaban J connectivity index is 2.15. The van der Waals surface area contributed by atoms with Gasteiger partial charge in [0.15, 0.2) is 6.61 Å². The van der Waals surface area contributed by atoms with E-state index < -0.39 is 4.92 Å². The molecule has 0 aliphatic rings. The number of likely N-dealkylation sites (N-methyl/N-ethyl adjacent to an activating group) is 1. The van der Waals surface area contributed by atoms with E-state index in [2.05, 4.69) is 0 Å². The summed E-state index contributed by atoms with van der Waals surface area (Å²) in [7, 11) is 1.60. The first-order valence-corrected chi connectivity index (χ1v) is 8.06. The molecule has 0 bridgehead atoms. The molecular weight excluding hydrogens is 334 g/mol. The molecule has 0 fully saturated rings. The van der Waals surface area contributed by atoms with Crippen molar-refractivity contribution in [1.29, 1.82) is 5.26 Å². The lowest BCUT2D eigenvalue weighted by Gasteiger charge is -2.17. The number of nitro groups is 1. The molecule has 0 unspecified atom stereocenters. The van der Waals surface area contributed by atoms with Gasteiger partial charge in [-0.2, -0.15) is 5.26 Å². The van der Waals surface area contributed by atoms with E-state index in [9.17, 15) is 14.9 Å². The number of hydrogen-bond donors (Lipinski definition) is 0. The fraction of sp³-hybridized carbons (Fsp3) is 0.263. The Kier molecular flexibility index (Phi) is 6.68. The minimum Gasteiger partial charge on any atom is -0.483 e. The molecule has 0 saturated heterocycles. The summed E-state index contributed by atoms with van der Waals surface area (Å²) in [6.07, 6.45) is 0.704. The van der Waals surface area contributed by atoms with Crippen LogP contribution < -0.4 is 4.74 Å². The zero-order valence-electron chi connectivity index (χ0n) is 14.4. The highest BCUT2D eigenvalue weighted by Gasteiger charge is 2.15. The summed E-state index contributed by atoms with van der Waals surface area (Å²) >= 11 is 0. The van der Waals surface area contributed by atoms with Gasteiger partial charge in [-0.15, -0.1) is 0 Å². The summed E-state index contributed by atoms with van der Waals surface area (Å²) in [6.45, 7) is 0.136. The number of nitro benzene ring substituents is 1. The monoisotopic (exact) mass is 353 g/mol. The number of nitriles is 1. The molecule has 0 saturated carbocycles. The zero-order chi connectivity index (χ0) is 18.9. The fourth-order valence-electron chi connectivity index (χ4n) is 2.37. The molecule has 134 valence electrons. The highest BCUT2D eigenvalue weighted by atomic mass is 16.6. The number of amides is 1. The molecule has 0 atom stereocenters. The van der Waals surface area contributed by atoms with Crippen LogP contribution in [0.25, 0.3) is 0 Å². The van der Waals surface area contributed by atoms with Gasteiger partial charge in [0.1, 0.15) is 5.75 Å². The largest absolute Gasteiger partial charge is 0.483 e. The van der Waals surface area contributed by atoms with Crippen molar-refractivity contribution < 1.29 is 14.5 Å². The standard InChI is InChI=1S/C19H19N3O4/c1-21(11-5-10-20)19(23)14-26-18-9-8-17(22(24)25)13-16(18)12-15-6-3-2-4-7-15/h2-4,6-9,13H,5,11-12,14H2,1H3. The van der Waals surface area contributed by atoms with Gasteiger partial charge in [0, 0.05) is 37.7 Å². The second-order valence-corrected chi connectivity index (χ2v) is 5.72. The number of rotatable bonds is 8. The SMILES string of the molecule is CN(CCC#N)C(=O)COc1ccc([N+](=O)[O-])cc1Cc1ccccc1. The first kappa shape index (κ1) is 18.9. The van der Waals surface area contributed by atoms with Gasteiger partial charge in [0.2, 0.25) is 0 Å². The van der Waals surface area contributed by atoms with Crippen molar-refractivity contribution in [2.45, 2.75) is 12.8 Å². The third kappa shape index (κ3) is 5.31. The van der Waals surface area contributed by atoms with Gasteiger partial charge in [0.25, 0.3) is 11.6 Å². The predicted octanol–water partition coefficient (Wildman–Crippen LogP) is 2.94. The average molecular weight is 353 g/mol. The topological polar surface area (TPSA) is 96.5 Å². The van der Waals surface area contributed by atoms with Crippen LogP contribution in [-0.2, 0) is 11.2 Å². The number of ether oxygens (including phenoxy) is 1. The Hall–Kier alpha value is -3.40. The number of carbonyl (C=O) groups is 1. The molecule has 26 heavy (non-hydrogen) atoms. The van der Waals surface area contributed by atoms with E-state index in [4.69, 9.17) is 10.00 Å². The maximum Gasteiger partial charge on any atom is 0.269 e. The maximum absolute atomic E-state index is 12.1. The van der Waals surface area contributed by atoms with E-state index in [1.54, 1.807) is 7.05 Å². The maximum atomic E-state index is 12.1. The summed E-state index contributed by atoms with van der Waals surface area (Å²) in [5, 5.41) is 19.6. The molecule has 2 rings (SSSR count). The Bertz CT molecular complexity index is 815. The van der Waals surface area contributed by atoms with E-state index in [0.29, 0.717) is 24.3 Å². The lowest BCUT2D eigenvalue weighted by atomic mass is 10.0. The Morgan fingerprint density at radius 1 is 1.27 bits per heavy atom. The van der Waals surface area contributed by atoms with Gasteiger partial charge in [-0.25, -0.2) is 0 Å². The van der Waals surface area contributed by atoms with Crippen LogP contribution in [0.4, 0.5) is 5.69 Å². The van der Waals surface area contributed by atoms with Gasteiger partial charge in [-0.1, -0.05) is 30.3 Å². The first-order chi connectivity index (χ1) is 12.5. The molecule has 7 nitrogen and oxygen atoms in total. The van der Waals surface area contributed by atoms with E-state index >= 15 is 0 Å². The van der Waals surface area contributed by atoms with E-state index in [-0.39, 0.29) is 24.6 Å². The van der Waals surface area contributed by atoms with E-state index in [1.165, 1.54) is 23.1 Å². The predicted molar refractivity (Wildman–Crippen MR) is 95.7 cm³/mol. The van der Waals surface area contributed by atoms with Crippen LogP contribution in [0, 0.1) is 21.4 Å². The number of hydrogen-bond acceptors (Lipinski definition) is 5. The molecule has 7 heteroatoms. The number of non-ortho nitro benzene ring substituents is 1. The van der Waals surface area contributed by atoms with Crippen molar-refractivity contribution in [1.82, 2.24) is 4.90 Å². The number of benzene rings is 2. The first-order valence-electron chi connectivity index (χ1n) is 8.06. The number of carbonyl (C=O) groups excluding carboxylic acids is 1. The molecule has 0 heterocycles. The molecule has 0 N–H and O–H groups in total. The molecule has 2 aromatic rings. The Morgan fingerprint density at radius 3 is 2.65 bits per heavy atom. The summed E-state index contributed by atoms with van der Waals surface area (Å²) in [4.78, 5) is 24.1. The van der Waals surface area contributed by atoms with Gasteiger partial charge in [-0.05, 0) is 11.6 Å². The highest BCUT2D eigenvalue weighted by molar-refractivity contribution is 5.77. The van der Waals surface area contributed by atoms with Crippen LogP contribution in [0.1, 0.15) is 17.5 Å². The lowest BCUT2D eigenvalue weighted by Crippen LogP contribution is -2.32. The lowest BCUT2D eigenvalue weighted by molar-refractivity contribution is -0.384. The molecule has 2 aromatic carbocycles. The zero-order valence-corrected chi connectivity index (χ0v) is 14.4. The molecule has 1 amide bonds. The van der Waals surface area contributed by atoms with Crippen LogP contribution in [0.2, 0.25) is 0 Å². The van der Waals surface area contributed by atoms with Crippen molar-refractivity contribution in [3.63, 3.8) is 0 Å². The summed E-state index contributed by atoms with van der Waals surface area (Å²) in [5.74, 6) is 0.172. The Labute approximate surface area is 151 Å². The van der Waals surface area contributed by atoms with E-state index in [0.717, 1.165) is 5.56 Å². The van der Waals surface area contributed by atoms with Crippen molar-refractivity contribution in [3.8, 4) is 11.8 Å². The molecule has 0 aromatic heterocycles. The summed E-state index contributed by atoms with van der Waals surface area (Å²) < 4.78 is 5.61. The van der Waals surface area contributed by atoms with Crippen LogP contribution in [-0.4, -0.2) is 35.9 Å². The number of nitrogens with zero attached hydrogens (tertiary/aromatic N) is 3. The second-order valence-electron chi connectivity index (χ2n) is 5.72. The average Bonchev–Trinajstić information content (AvgIpc) is 2.65. The quantitative estimate of drug-likeness (QED) is 0.537. The third-order valence-electron chi connectivity index (χ3n) is 3.83. The Morgan fingerprint density at radius 2 is 2.00 bits per heavy atom. The summed E-state index contributed by atoms with van der Waals surface area (Å²) in [6, 6.07) is 15.8. The van der Waals surface area contributed by atoms with Gasteiger partial charge >= 0.3 is 0 Å². The molecule has 0 spiro atoms. The van der Waals surface area contributed by atoms with Gasteiger partial charge < -0.3 is 9.64 Å². The van der Waals surface area contributed by atoms with Crippen molar-refractivity contribution in [2.24, 2.45) is 0 Å². The van der Waals surface area contributed by atoms with Crippen LogP contribution >= 0.6 is 0 Å². The van der Waals surface area contributed by atoms with Crippen molar-refractivity contribution >= 4 is 11.6 Å². The molecule has 0 radical (unpaired) electrons. The minimum atomic E-state index is -0.459. The third-order valence-corrected chi connectivity index (χ3v) is 3.83. The molecular formula is C19H19N3O4. The van der Waals surface area contributed by atoms with Crippen molar-refractivity contribution in [3.05, 3.63) is 69.8 Å². The van der Waals surface area contributed by atoms with Gasteiger partial charge in [0.05, 0.1) is 17.4 Å². The van der Waals surface area contributed by atoms with Crippen LogP contribution in [0.15, 0.2) is 48.5 Å². The van der Waals surface area contributed by atoms with E-state index in [1.807, 2.05) is 36.4 Å². The fourth-order valence-corrected chi connectivity index (χ4v) is 2.37. The highest BCUT2D eigenvalue weighted by Crippen LogP contribution is 2.26. The minimum absolute atomic E-state index is 0.0271. The van der Waals surface area contributed by atoms with Crippen molar-refractivity contribution in [2.75, 3.05) is 20.2 Å². The van der Waals surface area contributed by atoms with Crippen LogP contribution in [0.3, 0.4) is 0 Å². The normalized spacial score (nSPS) is 10.0. The smallest absolute Gasteiger partial charge is 0.269 e.